The Hall–Kier alpha value is -1.88. The van der Waals surface area contributed by atoms with Crippen LogP contribution in [0.2, 0.25) is 0 Å². The van der Waals surface area contributed by atoms with E-state index in [2.05, 4.69) is 10.6 Å². The van der Waals surface area contributed by atoms with E-state index in [9.17, 15) is 9.59 Å². The number of carbonyl (C=O) groups excluding carboxylic acids is 1. The van der Waals surface area contributed by atoms with Gasteiger partial charge in [0, 0.05) is 5.69 Å². The monoisotopic (exact) mass is 236 g/mol. The van der Waals surface area contributed by atoms with E-state index < -0.39 is 5.97 Å². The van der Waals surface area contributed by atoms with Gasteiger partial charge in [0.15, 0.2) is 0 Å². The molecule has 0 radical (unpaired) electrons. The molecule has 92 valence electrons. The summed E-state index contributed by atoms with van der Waals surface area (Å²) < 4.78 is 0. The zero-order valence-electron chi connectivity index (χ0n) is 10.1. The maximum atomic E-state index is 11.6. The van der Waals surface area contributed by atoms with E-state index >= 15 is 0 Å². The van der Waals surface area contributed by atoms with Crippen molar-refractivity contribution in [1.82, 2.24) is 5.32 Å². The van der Waals surface area contributed by atoms with E-state index in [0.29, 0.717) is 11.3 Å². The van der Waals surface area contributed by atoms with E-state index in [0.717, 1.165) is 0 Å². The lowest BCUT2D eigenvalue weighted by Crippen LogP contribution is -2.35. The first-order valence-electron chi connectivity index (χ1n) is 5.27. The molecule has 0 fully saturated rings. The molecule has 3 N–H and O–H groups in total. The number of aryl methyl sites for hydroxylation is 1. The fourth-order valence-corrected chi connectivity index (χ4v) is 1.36. The Balaban J connectivity index is 2.84. The van der Waals surface area contributed by atoms with Crippen LogP contribution in [0.15, 0.2) is 18.2 Å². The van der Waals surface area contributed by atoms with Crippen LogP contribution >= 0.6 is 0 Å². The van der Waals surface area contributed by atoms with E-state index in [-0.39, 0.29) is 17.5 Å². The van der Waals surface area contributed by atoms with E-state index in [1.54, 1.807) is 33.0 Å². The van der Waals surface area contributed by atoms with Crippen molar-refractivity contribution >= 4 is 17.6 Å². The first kappa shape index (κ1) is 13.2. The van der Waals surface area contributed by atoms with Crippen LogP contribution in [0.3, 0.4) is 0 Å². The molecule has 0 aliphatic carbocycles. The van der Waals surface area contributed by atoms with Gasteiger partial charge in [0.25, 0.3) is 0 Å². The van der Waals surface area contributed by atoms with Gasteiger partial charge in [0.05, 0.1) is 11.6 Å². The lowest BCUT2D eigenvalue weighted by atomic mass is 10.1. The maximum absolute atomic E-state index is 11.6. The molecule has 0 saturated carbocycles. The summed E-state index contributed by atoms with van der Waals surface area (Å²) in [5.74, 6) is -1.13. The van der Waals surface area contributed by atoms with Gasteiger partial charge in [-0.1, -0.05) is 0 Å². The SMILES string of the molecule is CNC(C)C(=O)Nc1ccc(C(=O)O)c(C)c1. The summed E-state index contributed by atoms with van der Waals surface area (Å²) in [6.45, 7) is 3.44. The second-order valence-electron chi connectivity index (χ2n) is 3.83. The number of carbonyl (C=O) groups is 2. The number of amides is 1. The fraction of sp³-hybridized carbons (Fsp3) is 0.333. The van der Waals surface area contributed by atoms with Crippen LogP contribution in [0.1, 0.15) is 22.8 Å². The van der Waals surface area contributed by atoms with Crippen molar-refractivity contribution in [1.29, 1.82) is 0 Å². The number of likely N-dealkylation sites (N-methyl/N-ethyl adjacent to an activating group) is 1. The van der Waals surface area contributed by atoms with Crippen molar-refractivity contribution in [2.45, 2.75) is 19.9 Å². The van der Waals surface area contributed by atoms with Crippen LogP contribution in [-0.4, -0.2) is 30.1 Å². The van der Waals surface area contributed by atoms with Gasteiger partial charge in [0.2, 0.25) is 5.91 Å². The zero-order chi connectivity index (χ0) is 13.0. The first-order chi connectivity index (χ1) is 7.95. The molecule has 1 atom stereocenters. The number of rotatable bonds is 4. The van der Waals surface area contributed by atoms with E-state index in [4.69, 9.17) is 5.11 Å². The van der Waals surface area contributed by atoms with E-state index in [1.165, 1.54) is 6.07 Å². The highest BCUT2D eigenvalue weighted by Gasteiger charge is 2.12. The van der Waals surface area contributed by atoms with Gasteiger partial charge in [-0.15, -0.1) is 0 Å². The number of hydrogen-bond acceptors (Lipinski definition) is 3. The first-order valence-corrected chi connectivity index (χ1v) is 5.27. The van der Waals surface area contributed by atoms with Crippen molar-refractivity contribution in [3.05, 3.63) is 29.3 Å². The molecule has 1 aromatic rings. The lowest BCUT2D eigenvalue weighted by molar-refractivity contribution is -0.117. The summed E-state index contributed by atoms with van der Waals surface area (Å²) in [6.07, 6.45) is 0. The number of anilines is 1. The van der Waals surface area contributed by atoms with E-state index in [1.807, 2.05) is 0 Å². The van der Waals surface area contributed by atoms with Crippen molar-refractivity contribution in [3.8, 4) is 0 Å². The summed E-state index contributed by atoms with van der Waals surface area (Å²) >= 11 is 0. The number of aromatic carboxylic acids is 1. The molecule has 0 aliphatic rings. The Bertz CT molecular complexity index is 443. The molecule has 1 amide bonds. The Labute approximate surface area is 99.8 Å². The Morgan fingerprint density at radius 2 is 2.00 bits per heavy atom. The smallest absolute Gasteiger partial charge is 0.335 e. The Kier molecular flexibility index (Phi) is 4.23. The van der Waals surface area contributed by atoms with Crippen molar-refractivity contribution in [3.63, 3.8) is 0 Å². The molecule has 1 unspecified atom stereocenters. The predicted octanol–water partition coefficient (Wildman–Crippen LogP) is 1.24. The summed E-state index contributed by atoms with van der Waals surface area (Å²) in [7, 11) is 1.70. The molecule has 0 aliphatic heterocycles. The molecule has 0 spiro atoms. The third kappa shape index (κ3) is 3.29. The summed E-state index contributed by atoms with van der Waals surface area (Å²) in [4.78, 5) is 22.4. The van der Waals surface area contributed by atoms with Crippen molar-refractivity contribution in [2.75, 3.05) is 12.4 Å². The normalized spacial score (nSPS) is 11.9. The average Bonchev–Trinajstić information content (AvgIpc) is 2.27. The van der Waals surface area contributed by atoms with Crippen LogP contribution in [0.25, 0.3) is 0 Å². The summed E-state index contributed by atoms with van der Waals surface area (Å²) in [6, 6.07) is 4.41. The van der Waals surface area contributed by atoms with Crippen molar-refractivity contribution in [2.24, 2.45) is 0 Å². The average molecular weight is 236 g/mol. The highest BCUT2D eigenvalue weighted by atomic mass is 16.4. The van der Waals surface area contributed by atoms with Crippen LogP contribution in [0.5, 0.6) is 0 Å². The summed E-state index contributed by atoms with van der Waals surface area (Å²) in [5.41, 5.74) is 1.46. The molecule has 1 rings (SSSR count). The van der Waals surface area contributed by atoms with Gasteiger partial charge in [-0.25, -0.2) is 4.79 Å². The molecule has 1 aromatic carbocycles. The molecule has 5 heteroatoms. The zero-order valence-corrected chi connectivity index (χ0v) is 10.1. The third-order valence-corrected chi connectivity index (χ3v) is 2.55. The van der Waals surface area contributed by atoms with Gasteiger partial charge < -0.3 is 15.7 Å². The highest BCUT2D eigenvalue weighted by Crippen LogP contribution is 2.15. The summed E-state index contributed by atoms with van der Waals surface area (Å²) in [5, 5.41) is 14.4. The molecule has 17 heavy (non-hydrogen) atoms. The minimum atomic E-state index is -0.969. The Morgan fingerprint density at radius 3 is 2.47 bits per heavy atom. The third-order valence-electron chi connectivity index (χ3n) is 2.55. The van der Waals surface area contributed by atoms with Crippen LogP contribution in [-0.2, 0) is 4.79 Å². The molecule has 0 saturated heterocycles. The van der Waals surface area contributed by atoms with Crippen LogP contribution < -0.4 is 10.6 Å². The van der Waals surface area contributed by atoms with Gasteiger partial charge in [-0.2, -0.15) is 0 Å². The fourth-order valence-electron chi connectivity index (χ4n) is 1.36. The quantitative estimate of drug-likeness (QED) is 0.735. The van der Waals surface area contributed by atoms with Gasteiger partial charge in [-0.05, 0) is 44.7 Å². The number of nitrogens with one attached hydrogen (secondary N) is 2. The van der Waals surface area contributed by atoms with Gasteiger partial charge in [0.1, 0.15) is 0 Å². The molecule has 0 aromatic heterocycles. The van der Waals surface area contributed by atoms with Gasteiger partial charge in [-0.3, -0.25) is 4.79 Å². The topological polar surface area (TPSA) is 78.4 Å². The highest BCUT2D eigenvalue weighted by molar-refractivity contribution is 5.95. The van der Waals surface area contributed by atoms with Gasteiger partial charge >= 0.3 is 5.97 Å². The molecule has 5 nitrogen and oxygen atoms in total. The van der Waals surface area contributed by atoms with Crippen molar-refractivity contribution < 1.29 is 14.7 Å². The largest absolute Gasteiger partial charge is 0.478 e. The molecule has 0 bridgehead atoms. The predicted molar refractivity (Wildman–Crippen MR) is 65.3 cm³/mol. The lowest BCUT2D eigenvalue weighted by Gasteiger charge is -2.12. The van der Waals surface area contributed by atoms with Crippen LogP contribution in [0, 0.1) is 6.92 Å². The number of carboxylic acids is 1. The molecular weight excluding hydrogens is 220 g/mol. The minimum Gasteiger partial charge on any atom is -0.478 e. The second-order valence-corrected chi connectivity index (χ2v) is 3.83. The second kappa shape index (κ2) is 5.45. The standard InChI is InChI=1S/C12H16N2O3/c1-7-6-9(4-5-10(7)12(16)17)14-11(15)8(2)13-3/h4-6,8,13H,1-3H3,(H,14,15)(H,16,17). The maximum Gasteiger partial charge on any atom is 0.335 e. The minimum absolute atomic E-state index is 0.157. The molecule has 0 heterocycles. The number of hydrogen-bond donors (Lipinski definition) is 3. The van der Waals surface area contributed by atoms with Crippen LogP contribution in [0.4, 0.5) is 5.69 Å². The Morgan fingerprint density at radius 1 is 1.35 bits per heavy atom. The number of carboxylic acid groups (broad SMARTS) is 1. The molecular formula is C12H16N2O3. The number of benzene rings is 1.